The zero-order chi connectivity index (χ0) is 19.7. The van der Waals surface area contributed by atoms with E-state index in [4.69, 9.17) is 9.90 Å². The highest BCUT2D eigenvalue weighted by atomic mass is 19.1. The number of benzene rings is 1. The fourth-order valence-electron chi connectivity index (χ4n) is 3.18. The van der Waals surface area contributed by atoms with Crippen molar-refractivity contribution in [3.05, 3.63) is 35.1 Å². The van der Waals surface area contributed by atoms with Crippen LogP contribution in [0.2, 0.25) is 0 Å². The molecule has 2 N–H and O–H groups in total. The van der Waals surface area contributed by atoms with Gasteiger partial charge in [-0.2, -0.15) is 0 Å². The van der Waals surface area contributed by atoms with E-state index in [-0.39, 0.29) is 24.1 Å². The minimum atomic E-state index is -0.261. The summed E-state index contributed by atoms with van der Waals surface area (Å²) < 4.78 is 13.3. The van der Waals surface area contributed by atoms with Gasteiger partial charge in [-0.3, -0.25) is 9.59 Å². The van der Waals surface area contributed by atoms with E-state index in [2.05, 4.69) is 36.3 Å². The van der Waals surface area contributed by atoms with Crippen LogP contribution in [0.5, 0.6) is 0 Å². The van der Waals surface area contributed by atoms with Crippen LogP contribution in [0.4, 0.5) is 4.39 Å². The molecule has 1 amide bonds. The Kier molecular flexibility index (Phi) is 9.23. The topological polar surface area (TPSA) is 72.9 Å². The lowest BCUT2D eigenvalue weighted by Gasteiger charge is -2.25. The lowest BCUT2D eigenvalue weighted by Crippen LogP contribution is -2.39. The van der Waals surface area contributed by atoms with E-state index in [1.807, 2.05) is 6.92 Å². The first-order valence-electron chi connectivity index (χ1n) is 8.74. The first-order chi connectivity index (χ1) is 12.3. The van der Waals surface area contributed by atoms with Gasteiger partial charge in [-0.05, 0) is 64.2 Å². The number of nitrogens with one attached hydrogen (secondary N) is 1. The van der Waals surface area contributed by atoms with Crippen LogP contribution in [0.1, 0.15) is 24.0 Å². The molecule has 26 heavy (non-hydrogen) atoms. The van der Waals surface area contributed by atoms with Crippen LogP contribution in [0.15, 0.2) is 18.2 Å². The lowest BCUT2D eigenvalue weighted by molar-refractivity contribution is -0.126. The van der Waals surface area contributed by atoms with E-state index >= 15 is 0 Å². The van der Waals surface area contributed by atoms with Crippen molar-refractivity contribution in [3.63, 3.8) is 0 Å². The summed E-state index contributed by atoms with van der Waals surface area (Å²) in [4.78, 5) is 25.3. The number of hydrogen-bond donors (Lipinski definition) is 2. The second-order valence-electron chi connectivity index (χ2n) is 7.01. The maximum absolute atomic E-state index is 13.3. The Hall–Kier alpha value is -1.99. The maximum Gasteiger partial charge on any atom is 0.290 e. The predicted octanol–water partition coefficient (Wildman–Crippen LogP) is 1.72. The number of aryl methyl sites for hydroxylation is 1. The fraction of sp³-hybridized carbons (Fsp3) is 0.579. The van der Waals surface area contributed by atoms with Crippen molar-refractivity contribution in [2.75, 3.05) is 34.2 Å². The van der Waals surface area contributed by atoms with Crippen LogP contribution in [-0.4, -0.2) is 67.6 Å². The zero-order valence-electron chi connectivity index (χ0n) is 16.0. The van der Waals surface area contributed by atoms with Crippen molar-refractivity contribution in [3.8, 4) is 0 Å². The number of rotatable bonds is 4. The molecule has 0 radical (unpaired) electrons. The molecule has 6 nitrogen and oxygen atoms in total. The summed E-state index contributed by atoms with van der Waals surface area (Å²) in [6.45, 7) is 3.83. The predicted molar refractivity (Wildman–Crippen MR) is 99.4 cm³/mol. The van der Waals surface area contributed by atoms with Crippen LogP contribution in [0.3, 0.4) is 0 Å². The molecule has 1 aliphatic heterocycles. The number of carboxylic acid groups (broad SMARTS) is 1. The average Bonchev–Trinajstić information content (AvgIpc) is 2.78. The summed E-state index contributed by atoms with van der Waals surface area (Å²) in [5.41, 5.74) is 1.84. The molecule has 1 aliphatic rings. The van der Waals surface area contributed by atoms with E-state index in [1.54, 1.807) is 6.07 Å². The van der Waals surface area contributed by atoms with Gasteiger partial charge in [-0.15, -0.1) is 0 Å². The Morgan fingerprint density at radius 1 is 1.38 bits per heavy atom. The highest BCUT2D eigenvalue weighted by Crippen LogP contribution is 2.19. The Labute approximate surface area is 155 Å². The molecular formula is C19H30FN3O3. The Balaban J connectivity index is 0.00000105. The summed E-state index contributed by atoms with van der Waals surface area (Å²) >= 11 is 0. The summed E-state index contributed by atoms with van der Waals surface area (Å²) in [5.74, 6) is -0.193. The van der Waals surface area contributed by atoms with Crippen LogP contribution >= 0.6 is 0 Å². The minimum Gasteiger partial charge on any atom is -0.483 e. The van der Waals surface area contributed by atoms with Crippen molar-refractivity contribution in [2.45, 2.75) is 32.4 Å². The standard InChI is InChI=1S/C18H28FN3O.CH2O2/c1-13-5-7-16(19)9-15(13)10-20-18(23)14-6-8-17(21(2)3)12-22(4)11-14;2-1-3/h5,7,9,14,17H,6,8,10-12H2,1-4H3,(H,20,23);1H,(H,2,3)/t14-,17+;/m1./s1. The van der Waals surface area contributed by atoms with Crippen molar-refractivity contribution >= 4 is 12.4 Å². The van der Waals surface area contributed by atoms with Crippen molar-refractivity contribution in [1.82, 2.24) is 15.1 Å². The maximum atomic E-state index is 13.3. The quantitative estimate of drug-likeness (QED) is 0.793. The SMILES string of the molecule is Cc1ccc(F)cc1CNC(=O)[C@@H]1CC[C@H](N(C)C)CN(C)C1.O=CO. The van der Waals surface area contributed by atoms with E-state index < -0.39 is 0 Å². The number of amides is 1. The summed E-state index contributed by atoms with van der Waals surface area (Å²) in [6, 6.07) is 5.18. The third-order valence-electron chi connectivity index (χ3n) is 4.77. The monoisotopic (exact) mass is 367 g/mol. The number of carbonyl (C=O) groups is 2. The third kappa shape index (κ3) is 7.09. The normalized spacial score (nSPS) is 20.7. The molecule has 2 atom stereocenters. The van der Waals surface area contributed by atoms with E-state index in [9.17, 15) is 9.18 Å². The van der Waals surface area contributed by atoms with Gasteiger partial charge in [0, 0.05) is 25.7 Å². The molecule has 0 aromatic heterocycles. The van der Waals surface area contributed by atoms with Gasteiger partial charge in [0.1, 0.15) is 5.82 Å². The van der Waals surface area contributed by atoms with Crippen molar-refractivity contribution < 1.29 is 19.1 Å². The van der Waals surface area contributed by atoms with Crippen LogP contribution in [0, 0.1) is 18.7 Å². The Morgan fingerprint density at radius 2 is 2.04 bits per heavy atom. The van der Waals surface area contributed by atoms with Crippen LogP contribution in [-0.2, 0) is 16.1 Å². The van der Waals surface area contributed by atoms with Gasteiger partial charge in [0.15, 0.2) is 0 Å². The van der Waals surface area contributed by atoms with Gasteiger partial charge >= 0.3 is 0 Å². The molecule has 1 aromatic carbocycles. The number of nitrogens with zero attached hydrogens (tertiary/aromatic N) is 2. The fourth-order valence-corrected chi connectivity index (χ4v) is 3.18. The van der Waals surface area contributed by atoms with Crippen molar-refractivity contribution in [1.29, 1.82) is 0 Å². The molecule has 1 fully saturated rings. The van der Waals surface area contributed by atoms with Crippen LogP contribution in [0.25, 0.3) is 0 Å². The molecule has 0 saturated carbocycles. The molecular weight excluding hydrogens is 337 g/mol. The average molecular weight is 367 g/mol. The van der Waals surface area contributed by atoms with Gasteiger partial charge in [-0.1, -0.05) is 6.07 Å². The molecule has 0 aliphatic carbocycles. The van der Waals surface area contributed by atoms with Crippen molar-refractivity contribution in [2.24, 2.45) is 5.92 Å². The molecule has 1 heterocycles. The summed E-state index contributed by atoms with van der Waals surface area (Å²) in [6.07, 6.45) is 1.91. The van der Waals surface area contributed by atoms with E-state index in [0.29, 0.717) is 12.6 Å². The van der Waals surface area contributed by atoms with E-state index in [0.717, 1.165) is 37.1 Å². The number of halogens is 1. The van der Waals surface area contributed by atoms with E-state index in [1.165, 1.54) is 12.1 Å². The smallest absolute Gasteiger partial charge is 0.290 e. The van der Waals surface area contributed by atoms with Gasteiger partial charge < -0.3 is 20.2 Å². The molecule has 0 bridgehead atoms. The molecule has 0 spiro atoms. The molecule has 0 unspecified atom stereocenters. The Morgan fingerprint density at radius 3 is 2.65 bits per heavy atom. The molecule has 7 heteroatoms. The van der Waals surface area contributed by atoms with Gasteiger partial charge in [0.05, 0.1) is 5.92 Å². The largest absolute Gasteiger partial charge is 0.483 e. The van der Waals surface area contributed by atoms with Gasteiger partial charge in [0.25, 0.3) is 6.47 Å². The zero-order valence-corrected chi connectivity index (χ0v) is 16.0. The second kappa shape index (κ2) is 10.9. The number of likely N-dealkylation sites (tertiary alicyclic amines) is 1. The van der Waals surface area contributed by atoms with Crippen LogP contribution < -0.4 is 5.32 Å². The first-order valence-corrected chi connectivity index (χ1v) is 8.74. The molecule has 2 rings (SSSR count). The number of carbonyl (C=O) groups excluding carboxylic acids is 1. The first kappa shape index (κ1) is 22.1. The van der Waals surface area contributed by atoms with Gasteiger partial charge in [-0.25, -0.2) is 4.39 Å². The Bertz CT molecular complexity index is 595. The minimum absolute atomic E-state index is 0.00110. The number of hydrogen-bond acceptors (Lipinski definition) is 4. The lowest BCUT2D eigenvalue weighted by atomic mass is 10.0. The highest BCUT2D eigenvalue weighted by molar-refractivity contribution is 5.78. The second-order valence-corrected chi connectivity index (χ2v) is 7.01. The molecule has 1 saturated heterocycles. The highest BCUT2D eigenvalue weighted by Gasteiger charge is 2.27. The summed E-state index contributed by atoms with van der Waals surface area (Å²) in [5, 5.41) is 9.87. The third-order valence-corrected chi connectivity index (χ3v) is 4.77. The molecule has 146 valence electrons. The van der Waals surface area contributed by atoms with Gasteiger partial charge in [0.2, 0.25) is 5.91 Å². The number of likely N-dealkylation sites (N-methyl/N-ethyl adjacent to an activating group) is 2. The summed E-state index contributed by atoms with van der Waals surface area (Å²) in [7, 11) is 6.25. The molecule has 1 aromatic rings.